The first-order valence-corrected chi connectivity index (χ1v) is 8.30. The van der Waals surface area contributed by atoms with E-state index < -0.39 is 0 Å². The Hall–Kier alpha value is -0.530. The summed E-state index contributed by atoms with van der Waals surface area (Å²) < 4.78 is 5.21. The Morgan fingerprint density at radius 2 is 1.63 bits per heavy atom. The summed E-state index contributed by atoms with van der Waals surface area (Å²) in [6, 6.07) is 0. The molecule has 0 saturated carbocycles. The molecule has 0 bridgehead atoms. The van der Waals surface area contributed by atoms with E-state index in [1.165, 1.54) is 57.8 Å². The van der Waals surface area contributed by atoms with E-state index in [0.29, 0.717) is 6.61 Å². The van der Waals surface area contributed by atoms with E-state index >= 15 is 0 Å². The van der Waals surface area contributed by atoms with Crippen molar-refractivity contribution in [3.8, 4) is 0 Å². The highest BCUT2D eigenvalue weighted by molar-refractivity contribution is 5.75. The lowest BCUT2D eigenvalue weighted by Gasteiger charge is -2.33. The Balaban J connectivity index is 2.52. The van der Waals surface area contributed by atoms with E-state index in [1.807, 2.05) is 0 Å². The molecule has 19 heavy (non-hydrogen) atoms. The van der Waals surface area contributed by atoms with E-state index in [0.717, 1.165) is 6.42 Å². The van der Waals surface area contributed by atoms with Crippen LogP contribution in [0.1, 0.15) is 85.0 Å². The number of hydrogen-bond acceptors (Lipinski definition) is 2. The van der Waals surface area contributed by atoms with Gasteiger partial charge in [-0.15, -0.1) is 0 Å². The quantitative estimate of drug-likeness (QED) is 0.406. The standard InChI is InChI=1S/C17H32O2/c1-4-6-8-10-13-17(3,12-9-7-5-2)15-11-14-19-16(15)18/h15H,4-14H2,1-3H3. The number of unbranched alkanes of at least 4 members (excludes halogenated alkanes) is 5. The van der Waals surface area contributed by atoms with Gasteiger partial charge in [0, 0.05) is 0 Å². The predicted molar refractivity (Wildman–Crippen MR) is 80.1 cm³/mol. The second-order valence-electron chi connectivity index (χ2n) is 6.43. The molecule has 1 aliphatic heterocycles. The largest absolute Gasteiger partial charge is 0.465 e. The second-order valence-corrected chi connectivity index (χ2v) is 6.43. The van der Waals surface area contributed by atoms with Crippen LogP contribution < -0.4 is 0 Å². The van der Waals surface area contributed by atoms with Crippen molar-refractivity contribution in [3.63, 3.8) is 0 Å². The zero-order valence-electron chi connectivity index (χ0n) is 13.2. The molecule has 2 heteroatoms. The number of rotatable bonds is 10. The maximum atomic E-state index is 11.9. The van der Waals surface area contributed by atoms with Gasteiger partial charge in [-0.3, -0.25) is 4.79 Å². The van der Waals surface area contributed by atoms with Crippen molar-refractivity contribution in [2.24, 2.45) is 11.3 Å². The summed E-state index contributed by atoms with van der Waals surface area (Å²) in [5.74, 6) is 0.223. The highest BCUT2D eigenvalue weighted by Gasteiger charge is 2.41. The van der Waals surface area contributed by atoms with Crippen LogP contribution in [0.25, 0.3) is 0 Å². The van der Waals surface area contributed by atoms with Crippen molar-refractivity contribution in [1.82, 2.24) is 0 Å². The second kappa shape index (κ2) is 8.60. The Morgan fingerprint density at radius 3 is 2.16 bits per heavy atom. The molecule has 0 amide bonds. The zero-order chi connectivity index (χ0) is 14.1. The summed E-state index contributed by atoms with van der Waals surface area (Å²) in [6.07, 6.45) is 12.3. The lowest BCUT2D eigenvalue weighted by molar-refractivity contribution is -0.144. The molecule has 0 spiro atoms. The molecule has 2 unspecified atom stereocenters. The smallest absolute Gasteiger partial charge is 0.309 e. The summed E-state index contributed by atoms with van der Waals surface area (Å²) in [5, 5.41) is 0. The topological polar surface area (TPSA) is 26.3 Å². The van der Waals surface area contributed by atoms with Gasteiger partial charge < -0.3 is 4.74 Å². The van der Waals surface area contributed by atoms with Crippen LogP contribution in [0.2, 0.25) is 0 Å². The lowest BCUT2D eigenvalue weighted by atomic mass is 9.69. The van der Waals surface area contributed by atoms with Gasteiger partial charge in [0.05, 0.1) is 12.5 Å². The van der Waals surface area contributed by atoms with Gasteiger partial charge >= 0.3 is 5.97 Å². The molecule has 2 atom stereocenters. The zero-order valence-corrected chi connectivity index (χ0v) is 13.2. The minimum atomic E-state index is 0.0643. The minimum absolute atomic E-state index is 0.0643. The lowest BCUT2D eigenvalue weighted by Crippen LogP contribution is -2.31. The molecule has 1 heterocycles. The van der Waals surface area contributed by atoms with Crippen molar-refractivity contribution in [3.05, 3.63) is 0 Å². The fourth-order valence-corrected chi connectivity index (χ4v) is 3.34. The fourth-order valence-electron chi connectivity index (χ4n) is 3.34. The van der Waals surface area contributed by atoms with E-state index in [9.17, 15) is 4.79 Å². The molecule has 0 aromatic rings. The van der Waals surface area contributed by atoms with Crippen molar-refractivity contribution in [2.75, 3.05) is 6.61 Å². The number of carbonyl (C=O) groups excluding carboxylic acids is 1. The number of carbonyl (C=O) groups is 1. The highest BCUT2D eigenvalue weighted by Crippen LogP contribution is 2.43. The summed E-state index contributed by atoms with van der Waals surface area (Å²) in [5.41, 5.74) is 0.177. The normalized spacial score (nSPS) is 22.3. The highest BCUT2D eigenvalue weighted by atomic mass is 16.5. The van der Waals surface area contributed by atoms with E-state index in [-0.39, 0.29) is 17.3 Å². The molecule has 2 nitrogen and oxygen atoms in total. The Morgan fingerprint density at radius 1 is 1.05 bits per heavy atom. The van der Waals surface area contributed by atoms with Gasteiger partial charge in [-0.25, -0.2) is 0 Å². The first-order chi connectivity index (χ1) is 9.14. The Labute approximate surface area is 119 Å². The Bertz CT molecular complexity index is 262. The molecule has 0 aromatic heterocycles. The van der Waals surface area contributed by atoms with E-state index in [2.05, 4.69) is 20.8 Å². The van der Waals surface area contributed by atoms with Gasteiger partial charge in [-0.1, -0.05) is 65.7 Å². The minimum Gasteiger partial charge on any atom is -0.465 e. The molecule has 112 valence electrons. The van der Waals surface area contributed by atoms with Crippen LogP contribution in [-0.2, 0) is 9.53 Å². The summed E-state index contributed by atoms with van der Waals surface area (Å²) >= 11 is 0. The third-order valence-electron chi connectivity index (χ3n) is 4.73. The van der Waals surface area contributed by atoms with Gasteiger partial charge in [0.15, 0.2) is 0 Å². The average molecular weight is 268 g/mol. The predicted octanol–water partition coefficient (Wildman–Crippen LogP) is 5.11. The van der Waals surface area contributed by atoms with Gasteiger partial charge in [-0.05, 0) is 24.7 Å². The molecular weight excluding hydrogens is 236 g/mol. The van der Waals surface area contributed by atoms with Crippen LogP contribution in [0.15, 0.2) is 0 Å². The number of ether oxygens (including phenoxy) is 1. The molecule has 1 saturated heterocycles. The maximum Gasteiger partial charge on any atom is 0.309 e. The van der Waals surface area contributed by atoms with Crippen molar-refractivity contribution in [2.45, 2.75) is 85.0 Å². The van der Waals surface area contributed by atoms with Gasteiger partial charge in [0.2, 0.25) is 0 Å². The van der Waals surface area contributed by atoms with Crippen LogP contribution in [0.5, 0.6) is 0 Å². The number of cyclic esters (lactones) is 1. The molecular formula is C17H32O2. The molecule has 0 aromatic carbocycles. The number of esters is 1. The average Bonchev–Trinajstić information content (AvgIpc) is 2.82. The van der Waals surface area contributed by atoms with Gasteiger partial charge in [0.1, 0.15) is 0 Å². The van der Waals surface area contributed by atoms with E-state index in [4.69, 9.17) is 4.74 Å². The summed E-state index contributed by atoms with van der Waals surface area (Å²) in [4.78, 5) is 11.9. The fraction of sp³-hybridized carbons (Fsp3) is 0.941. The molecule has 0 aliphatic carbocycles. The molecule has 1 aliphatic rings. The monoisotopic (exact) mass is 268 g/mol. The Kier molecular flexibility index (Phi) is 7.48. The first kappa shape index (κ1) is 16.5. The summed E-state index contributed by atoms with van der Waals surface area (Å²) in [6.45, 7) is 7.45. The van der Waals surface area contributed by atoms with Gasteiger partial charge in [-0.2, -0.15) is 0 Å². The maximum absolute atomic E-state index is 11.9. The molecule has 0 radical (unpaired) electrons. The molecule has 1 fully saturated rings. The van der Waals surface area contributed by atoms with Crippen LogP contribution >= 0.6 is 0 Å². The SMILES string of the molecule is CCCCCCC(C)(CCCCC)C1CCOC1=O. The first-order valence-electron chi connectivity index (χ1n) is 8.30. The van der Waals surface area contributed by atoms with Crippen molar-refractivity contribution >= 4 is 5.97 Å². The molecule has 1 rings (SSSR count). The van der Waals surface area contributed by atoms with Crippen molar-refractivity contribution in [1.29, 1.82) is 0 Å². The third-order valence-corrected chi connectivity index (χ3v) is 4.73. The third kappa shape index (κ3) is 5.16. The van der Waals surface area contributed by atoms with Crippen LogP contribution in [0, 0.1) is 11.3 Å². The van der Waals surface area contributed by atoms with Crippen LogP contribution in [0.4, 0.5) is 0 Å². The summed E-state index contributed by atoms with van der Waals surface area (Å²) in [7, 11) is 0. The van der Waals surface area contributed by atoms with E-state index in [1.54, 1.807) is 0 Å². The van der Waals surface area contributed by atoms with Crippen LogP contribution in [-0.4, -0.2) is 12.6 Å². The van der Waals surface area contributed by atoms with Gasteiger partial charge in [0.25, 0.3) is 0 Å². The molecule has 0 N–H and O–H groups in total. The van der Waals surface area contributed by atoms with Crippen molar-refractivity contribution < 1.29 is 9.53 Å². The van der Waals surface area contributed by atoms with Crippen LogP contribution in [0.3, 0.4) is 0 Å². The number of hydrogen-bond donors (Lipinski definition) is 0.